The van der Waals surface area contributed by atoms with Gasteiger partial charge < -0.3 is 0 Å². The van der Waals surface area contributed by atoms with Gasteiger partial charge in [0.25, 0.3) is 5.56 Å². The highest BCUT2D eigenvalue weighted by Gasteiger charge is 2.21. The molecule has 2 aromatic heterocycles. The number of rotatable bonds is 6. The molecule has 4 rings (SSSR count). The standard InChI is InChI=1S/C22H24FN3OS/c1-2-3-4-9-19-25-21-20(17-7-5-6-8-18(17)28-21)22(27)26(19)24-14-15-10-12-16(23)13-11-15/h10-14H,2-9H2,1H3/b24-14+. The molecule has 4 nitrogen and oxygen atoms in total. The van der Waals surface area contributed by atoms with E-state index in [1.54, 1.807) is 29.7 Å². The molecule has 1 aliphatic carbocycles. The van der Waals surface area contributed by atoms with Gasteiger partial charge in [-0.05, 0) is 55.4 Å². The molecule has 0 bridgehead atoms. The second-order valence-electron chi connectivity index (χ2n) is 7.29. The van der Waals surface area contributed by atoms with Crippen molar-refractivity contribution < 1.29 is 4.39 Å². The van der Waals surface area contributed by atoms with Gasteiger partial charge in [0.05, 0.1) is 11.6 Å². The summed E-state index contributed by atoms with van der Waals surface area (Å²) >= 11 is 1.67. The van der Waals surface area contributed by atoms with Crippen molar-refractivity contribution in [1.82, 2.24) is 9.66 Å². The Hall–Kier alpha value is -2.34. The van der Waals surface area contributed by atoms with Gasteiger partial charge in [-0.25, -0.2) is 9.37 Å². The molecule has 146 valence electrons. The van der Waals surface area contributed by atoms with E-state index in [4.69, 9.17) is 4.98 Å². The van der Waals surface area contributed by atoms with Crippen molar-refractivity contribution in [2.75, 3.05) is 0 Å². The van der Waals surface area contributed by atoms with E-state index < -0.39 is 0 Å². The van der Waals surface area contributed by atoms with Crippen molar-refractivity contribution in [3.05, 3.63) is 62.3 Å². The van der Waals surface area contributed by atoms with Crippen LogP contribution in [0.4, 0.5) is 4.39 Å². The number of aryl methyl sites for hydroxylation is 3. The van der Waals surface area contributed by atoms with E-state index >= 15 is 0 Å². The monoisotopic (exact) mass is 397 g/mol. The third kappa shape index (κ3) is 3.78. The zero-order valence-corrected chi connectivity index (χ0v) is 16.9. The van der Waals surface area contributed by atoms with E-state index in [-0.39, 0.29) is 11.4 Å². The quantitative estimate of drug-likeness (QED) is 0.430. The van der Waals surface area contributed by atoms with Crippen LogP contribution < -0.4 is 5.56 Å². The molecule has 0 saturated heterocycles. The molecule has 28 heavy (non-hydrogen) atoms. The highest BCUT2D eigenvalue weighted by atomic mass is 32.1. The van der Waals surface area contributed by atoms with Crippen LogP contribution in [0.15, 0.2) is 34.2 Å². The number of fused-ring (bicyclic) bond motifs is 3. The number of hydrogen-bond acceptors (Lipinski definition) is 4. The maximum absolute atomic E-state index is 13.3. The Labute approximate surface area is 167 Å². The van der Waals surface area contributed by atoms with Gasteiger partial charge in [0.2, 0.25) is 0 Å². The highest BCUT2D eigenvalue weighted by Crippen LogP contribution is 2.33. The average Bonchev–Trinajstić information content (AvgIpc) is 3.07. The maximum Gasteiger partial charge on any atom is 0.283 e. The first-order valence-electron chi connectivity index (χ1n) is 10.0. The van der Waals surface area contributed by atoms with Crippen molar-refractivity contribution in [3.8, 4) is 0 Å². The summed E-state index contributed by atoms with van der Waals surface area (Å²) in [6, 6.07) is 6.09. The van der Waals surface area contributed by atoms with Crippen LogP contribution in [0.2, 0.25) is 0 Å². The Balaban J connectivity index is 1.80. The normalized spacial score (nSPS) is 14.1. The van der Waals surface area contributed by atoms with Crippen LogP contribution in [-0.2, 0) is 19.3 Å². The van der Waals surface area contributed by atoms with Crippen LogP contribution in [0.25, 0.3) is 10.2 Å². The van der Waals surface area contributed by atoms with E-state index in [1.807, 2.05) is 0 Å². The molecule has 1 aromatic carbocycles. The largest absolute Gasteiger partial charge is 0.283 e. The molecule has 0 saturated carbocycles. The van der Waals surface area contributed by atoms with Crippen LogP contribution in [0.5, 0.6) is 0 Å². The summed E-state index contributed by atoms with van der Waals surface area (Å²) in [6.45, 7) is 2.16. The third-order valence-electron chi connectivity index (χ3n) is 5.23. The number of aromatic nitrogens is 2. The van der Waals surface area contributed by atoms with Crippen molar-refractivity contribution >= 4 is 27.8 Å². The smallest absolute Gasteiger partial charge is 0.267 e. The lowest BCUT2D eigenvalue weighted by atomic mass is 9.97. The molecule has 0 atom stereocenters. The fraction of sp³-hybridized carbons (Fsp3) is 0.409. The Bertz CT molecular complexity index is 1070. The van der Waals surface area contributed by atoms with Crippen LogP contribution in [0.3, 0.4) is 0 Å². The summed E-state index contributed by atoms with van der Waals surface area (Å²) in [6.07, 6.45) is 9.80. The molecular weight excluding hydrogens is 373 g/mol. The van der Waals surface area contributed by atoms with Gasteiger partial charge in [0.1, 0.15) is 16.5 Å². The van der Waals surface area contributed by atoms with Crippen molar-refractivity contribution in [3.63, 3.8) is 0 Å². The first kappa shape index (κ1) is 19.0. The van der Waals surface area contributed by atoms with Crippen molar-refractivity contribution in [1.29, 1.82) is 0 Å². The van der Waals surface area contributed by atoms with Crippen LogP contribution in [0, 0.1) is 5.82 Å². The van der Waals surface area contributed by atoms with E-state index in [1.165, 1.54) is 33.7 Å². The third-order valence-corrected chi connectivity index (χ3v) is 6.42. The zero-order valence-electron chi connectivity index (χ0n) is 16.1. The minimum Gasteiger partial charge on any atom is -0.267 e. The molecule has 0 N–H and O–H groups in total. The summed E-state index contributed by atoms with van der Waals surface area (Å²) in [5, 5.41) is 5.21. The summed E-state index contributed by atoms with van der Waals surface area (Å²) in [4.78, 5) is 20.4. The summed E-state index contributed by atoms with van der Waals surface area (Å²) < 4.78 is 14.6. The maximum atomic E-state index is 13.3. The van der Waals surface area contributed by atoms with Crippen molar-refractivity contribution in [2.24, 2.45) is 5.10 Å². The SMILES string of the molecule is CCCCCc1nc2sc3c(c2c(=O)n1/N=C/c1ccc(F)cc1)CCCC3. The Kier molecular flexibility index (Phi) is 5.67. The van der Waals surface area contributed by atoms with Gasteiger partial charge in [0.15, 0.2) is 0 Å². The lowest BCUT2D eigenvalue weighted by molar-refractivity contribution is 0.627. The second-order valence-corrected chi connectivity index (χ2v) is 8.37. The van der Waals surface area contributed by atoms with Gasteiger partial charge in [-0.15, -0.1) is 11.3 Å². The predicted octanol–water partition coefficient (Wildman–Crippen LogP) is 5.09. The van der Waals surface area contributed by atoms with Gasteiger partial charge >= 0.3 is 0 Å². The van der Waals surface area contributed by atoms with E-state index in [0.29, 0.717) is 5.82 Å². The average molecular weight is 398 g/mol. The number of benzene rings is 1. The molecule has 3 aromatic rings. The van der Waals surface area contributed by atoms with E-state index in [2.05, 4.69) is 12.0 Å². The minimum atomic E-state index is -0.289. The summed E-state index contributed by atoms with van der Waals surface area (Å²) in [5.41, 5.74) is 1.85. The molecule has 0 spiro atoms. The first-order chi connectivity index (χ1) is 13.7. The minimum absolute atomic E-state index is 0.0748. The molecule has 0 aliphatic heterocycles. The lowest BCUT2D eigenvalue weighted by Gasteiger charge is -2.11. The molecule has 0 amide bonds. The lowest BCUT2D eigenvalue weighted by Crippen LogP contribution is -2.23. The second kappa shape index (κ2) is 8.35. The van der Waals surface area contributed by atoms with E-state index in [9.17, 15) is 9.18 Å². The van der Waals surface area contributed by atoms with Gasteiger partial charge in [-0.1, -0.05) is 31.9 Å². The van der Waals surface area contributed by atoms with Crippen LogP contribution in [-0.4, -0.2) is 15.9 Å². The number of thiophene rings is 1. The van der Waals surface area contributed by atoms with Crippen LogP contribution >= 0.6 is 11.3 Å². The summed E-state index contributed by atoms with van der Waals surface area (Å²) in [7, 11) is 0. The molecule has 1 aliphatic rings. The number of unbranched alkanes of at least 4 members (excludes halogenated alkanes) is 2. The Morgan fingerprint density at radius 3 is 2.79 bits per heavy atom. The van der Waals surface area contributed by atoms with Gasteiger partial charge in [0, 0.05) is 11.3 Å². The first-order valence-corrected chi connectivity index (χ1v) is 10.8. The van der Waals surface area contributed by atoms with Crippen molar-refractivity contribution in [2.45, 2.75) is 58.3 Å². The zero-order chi connectivity index (χ0) is 19.5. The van der Waals surface area contributed by atoms with Gasteiger partial charge in [-0.2, -0.15) is 9.78 Å². The molecule has 0 fully saturated rings. The fourth-order valence-corrected chi connectivity index (χ4v) is 5.00. The van der Waals surface area contributed by atoms with E-state index in [0.717, 1.165) is 60.7 Å². The molecule has 2 heterocycles. The van der Waals surface area contributed by atoms with Gasteiger partial charge in [-0.3, -0.25) is 4.79 Å². The fourth-order valence-electron chi connectivity index (χ4n) is 3.73. The Morgan fingerprint density at radius 2 is 2.00 bits per heavy atom. The number of hydrogen-bond donors (Lipinski definition) is 0. The number of halogens is 1. The number of nitrogens with zero attached hydrogens (tertiary/aromatic N) is 3. The predicted molar refractivity (Wildman–Crippen MR) is 113 cm³/mol. The topological polar surface area (TPSA) is 47.2 Å². The molecular formula is C22H24FN3OS. The molecule has 0 radical (unpaired) electrons. The van der Waals surface area contributed by atoms with Crippen LogP contribution in [0.1, 0.15) is 60.9 Å². The Morgan fingerprint density at radius 1 is 1.21 bits per heavy atom. The highest BCUT2D eigenvalue weighted by molar-refractivity contribution is 7.18. The molecule has 0 unspecified atom stereocenters. The summed E-state index contributed by atoms with van der Waals surface area (Å²) in [5.74, 6) is 0.422. The molecule has 6 heteroatoms.